The lowest BCUT2D eigenvalue weighted by molar-refractivity contribution is 0.208. The SMILES string of the molecule is Cc1ccc(C(C)(C)C)cc1S(=O)(=O)NC(C)(C)CO. The van der Waals surface area contributed by atoms with Crippen LogP contribution in [0, 0.1) is 6.92 Å². The predicted octanol–water partition coefficient (Wildman–Crippen LogP) is 2.34. The molecule has 0 unspecified atom stereocenters. The molecule has 2 N–H and O–H groups in total. The maximum absolute atomic E-state index is 12.5. The molecular formula is C15H25NO3S. The third kappa shape index (κ3) is 4.04. The second-order valence-corrected chi connectivity index (χ2v) is 8.53. The second kappa shape index (κ2) is 5.47. The van der Waals surface area contributed by atoms with Crippen molar-refractivity contribution in [2.75, 3.05) is 6.61 Å². The molecule has 0 spiro atoms. The lowest BCUT2D eigenvalue weighted by Crippen LogP contribution is -2.46. The van der Waals surface area contributed by atoms with Crippen LogP contribution in [-0.4, -0.2) is 25.7 Å². The number of benzene rings is 1. The van der Waals surface area contributed by atoms with Gasteiger partial charge in [-0.05, 0) is 43.4 Å². The molecule has 0 heterocycles. The zero-order valence-electron chi connectivity index (χ0n) is 13.1. The normalized spacial score (nSPS) is 13.6. The summed E-state index contributed by atoms with van der Waals surface area (Å²) in [7, 11) is -3.65. The summed E-state index contributed by atoms with van der Waals surface area (Å²) in [5.41, 5.74) is 0.650. The molecule has 1 aromatic rings. The number of hydrogen-bond donors (Lipinski definition) is 2. The molecule has 0 atom stereocenters. The number of aliphatic hydroxyl groups is 1. The first kappa shape index (κ1) is 17.1. The number of rotatable bonds is 4. The van der Waals surface area contributed by atoms with Crippen molar-refractivity contribution < 1.29 is 13.5 Å². The van der Waals surface area contributed by atoms with Crippen molar-refractivity contribution in [2.24, 2.45) is 0 Å². The van der Waals surface area contributed by atoms with Crippen molar-refractivity contribution in [1.82, 2.24) is 4.72 Å². The number of hydrogen-bond acceptors (Lipinski definition) is 3. The van der Waals surface area contributed by atoms with Gasteiger partial charge in [-0.15, -0.1) is 0 Å². The van der Waals surface area contributed by atoms with Crippen LogP contribution < -0.4 is 4.72 Å². The molecular weight excluding hydrogens is 274 g/mol. The Labute approximate surface area is 122 Å². The van der Waals surface area contributed by atoms with E-state index in [-0.39, 0.29) is 16.9 Å². The summed E-state index contributed by atoms with van der Waals surface area (Å²) in [4.78, 5) is 0.270. The minimum Gasteiger partial charge on any atom is -0.394 e. The second-order valence-electron chi connectivity index (χ2n) is 6.88. The molecule has 114 valence electrons. The fourth-order valence-electron chi connectivity index (χ4n) is 1.81. The topological polar surface area (TPSA) is 66.4 Å². The summed E-state index contributed by atoms with van der Waals surface area (Å²) < 4.78 is 27.5. The maximum atomic E-state index is 12.5. The predicted molar refractivity (Wildman–Crippen MR) is 81.4 cm³/mol. The maximum Gasteiger partial charge on any atom is 0.241 e. The van der Waals surface area contributed by atoms with Gasteiger partial charge in [-0.3, -0.25) is 0 Å². The smallest absolute Gasteiger partial charge is 0.241 e. The van der Waals surface area contributed by atoms with Crippen LogP contribution in [0.15, 0.2) is 23.1 Å². The zero-order chi connectivity index (χ0) is 15.8. The average Bonchev–Trinajstić information content (AvgIpc) is 2.26. The highest BCUT2D eigenvalue weighted by atomic mass is 32.2. The molecule has 0 bridgehead atoms. The summed E-state index contributed by atoms with van der Waals surface area (Å²) in [6.07, 6.45) is 0. The van der Waals surface area contributed by atoms with Crippen LogP contribution in [0.2, 0.25) is 0 Å². The third-order valence-corrected chi connectivity index (χ3v) is 4.99. The third-order valence-electron chi connectivity index (χ3n) is 3.15. The summed E-state index contributed by atoms with van der Waals surface area (Å²) in [5, 5.41) is 9.23. The van der Waals surface area contributed by atoms with Gasteiger partial charge in [0, 0.05) is 0 Å². The quantitative estimate of drug-likeness (QED) is 0.897. The highest BCUT2D eigenvalue weighted by Crippen LogP contribution is 2.27. The Kier molecular flexibility index (Phi) is 4.69. The van der Waals surface area contributed by atoms with Crippen molar-refractivity contribution in [3.05, 3.63) is 29.3 Å². The largest absolute Gasteiger partial charge is 0.394 e. The lowest BCUT2D eigenvalue weighted by Gasteiger charge is -2.25. The summed E-state index contributed by atoms with van der Waals surface area (Å²) in [6, 6.07) is 5.48. The van der Waals surface area contributed by atoms with Gasteiger partial charge < -0.3 is 5.11 Å². The molecule has 0 aliphatic rings. The lowest BCUT2D eigenvalue weighted by atomic mass is 9.87. The highest BCUT2D eigenvalue weighted by Gasteiger charge is 2.27. The Morgan fingerprint density at radius 2 is 1.70 bits per heavy atom. The summed E-state index contributed by atoms with van der Waals surface area (Å²) in [5.74, 6) is 0. The van der Waals surface area contributed by atoms with Crippen molar-refractivity contribution in [2.45, 2.75) is 57.4 Å². The van der Waals surface area contributed by atoms with Gasteiger partial charge in [0.2, 0.25) is 10.0 Å². The Morgan fingerprint density at radius 1 is 1.15 bits per heavy atom. The summed E-state index contributed by atoms with van der Waals surface area (Å²) in [6.45, 7) is 10.9. The monoisotopic (exact) mass is 299 g/mol. The van der Waals surface area contributed by atoms with Crippen LogP contribution in [0.5, 0.6) is 0 Å². The highest BCUT2D eigenvalue weighted by molar-refractivity contribution is 7.89. The van der Waals surface area contributed by atoms with E-state index in [2.05, 4.69) is 4.72 Å². The van der Waals surface area contributed by atoms with Crippen LogP contribution in [-0.2, 0) is 15.4 Å². The Balaban J connectivity index is 3.32. The van der Waals surface area contributed by atoms with Gasteiger partial charge in [0.1, 0.15) is 0 Å². The molecule has 5 heteroatoms. The molecule has 0 aliphatic heterocycles. The van der Waals surface area contributed by atoms with Crippen LogP contribution in [0.3, 0.4) is 0 Å². The van der Waals surface area contributed by atoms with Crippen molar-refractivity contribution in [3.8, 4) is 0 Å². The van der Waals surface area contributed by atoms with E-state index in [1.807, 2.05) is 32.9 Å². The molecule has 0 aliphatic carbocycles. The van der Waals surface area contributed by atoms with Crippen LogP contribution in [0.1, 0.15) is 45.7 Å². The van der Waals surface area contributed by atoms with E-state index in [0.29, 0.717) is 5.56 Å². The molecule has 0 amide bonds. The molecule has 0 saturated heterocycles. The first-order valence-electron chi connectivity index (χ1n) is 6.65. The molecule has 0 aromatic heterocycles. The number of nitrogens with one attached hydrogen (secondary N) is 1. The van der Waals surface area contributed by atoms with E-state index >= 15 is 0 Å². The van der Waals surface area contributed by atoms with Gasteiger partial charge in [-0.1, -0.05) is 32.9 Å². The first-order valence-corrected chi connectivity index (χ1v) is 8.13. The molecule has 4 nitrogen and oxygen atoms in total. The molecule has 20 heavy (non-hydrogen) atoms. The Bertz CT molecular complexity index is 584. The van der Waals surface area contributed by atoms with Gasteiger partial charge in [0.05, 0.1) is 17.0 Å². The Hall–Kier alpha value is -0.910. The van der Waals surface area contributed by atoms with Crippen LogP contribution in [0.25, 0.3) is 0 Å². The molecule has 1 aromatic carbocycles. The van der Waals surface area contributed by atoms with E-state index in [1.54, 1.807) is 26.8 Å². The van der Waals surface area contributed by atoms with E-state index in [0.717, 1.165) is 5.56 Å². The van der Waals surface area contributed by atoms with E-state index in [4.69, 9.17) is 0 Å². The fourth-order valence-corrected chi connectivity index (χ4v) is 3.48. The van der Waals surface area contributed by atoms with Crippen molar-refractivity contribution >= 4 is 10.0 Å². The number of sulfonamides is 1. The molecule has 0 radical (unpaired) electrons. The molecule has 1 rings (SSSR count). The van der Waals surface area contributed by atoms with E-state index < -0.39 is 15.6 Å². The van der Waals surface area contributed by atoms with Crippen molar-refractivity contribution in [3.63, 3.8) is 0 Å². The van der Waals surface area contributed by atoms with Gasteiger partial charge in [-0.25, -0.2) is 13.1 Å². The van der Waals surface area contributed by atoms with Crippen LogP contribution >= 0.6 is 0 Å². The molecule has 0 saturated carbocycles. The van der Waals surface area contributed by atoms with Crippen LogP contribution in [0.4, 0.5) is 0 Å². The standard InChI is InChI=1S/C15H25NO3S/c1-11-7-8-12(14(2,3)4)9-13(11)20(18,19)16-15(5,6)10-17/h7-9,16-17H,10H2,1-6H3. The van der Waals surface area contributed by atoms with Gasteiger partial charge in [0.15, 0.2) is 0 Å². The van der Waals surface area contributed by atoms with Gasteiger partial charge >= 0.3 is 0 Å². The van der Waals surface area contributed by atoms with Gasteiger partial charge in [0.25, 0.3) is 0 Å². The summed E-state index contributed by atoms with van der Waals surface area (Å²) >= 11 is 0. The number of aliphatic hydroxyl groups excluding tert-OH is 1. The van der Waals surface area contributed by atoms with Crippen molar-refractivity contribution in [1.29, 1.82) is 0 Å². The minimum absolute atomic E-state index is 0.121. The zero-order valence-corrected chi connectivity index (χ0v) is 13.9. The fraction of sp³-hybridized carbons (Fsp3) is 0.600. The van der Waals surface area contributed by atoms with Gasteiger partial charge in [-0.2, -0.15) is 0 Å². The number of aryl methyl sites for hydroxylation is 1. The van der Waals surface area contributed by atoms with E-state index in [9.17, 15) is 13.5 Å². The first-order chi connectivity index (χ1) is 8.89. The average molecular weight is 299 g/mol. The molecule has 0 fully saturated rings. The Morgan fingerprint density at radius 3 is 2.15 bits per heavy atom. The van der Waals surface area contributed by atoms with E-state index in [1.165, 1.54) is 0 Å². The minimum atomic E-state index is -3.65.